The second kappa shape index (κ2) is 7.97. The molecule has 0 bridgehead atoms. The molecule has 0 aliphatic heterocycles. The molecule has 5 heteroatoms. The molecule has 26 heavy (non-hydrogen) atoms. The maximum Gasteiger partial charge on any atom is 0.265 e. The van der Waals surface area contributed by atoms with E-state index in [1.807, 2.05) is 35.7 Å². The summed E-state index contributed by atoms with van der Waals surface area (Å²) >= 11 is 1.37. The van der Waals surface area contributed by atoms with Gasteiger partial charge in [0.25, 0.3) is 11.8 Å². The predicted molar refractivity (Wildman–Crippen MR) is 107 cm³/mol. The number of carbonyl (C=O) groups excluding carboxylic acids is 2. The Morgan fingerprint density at radius 2 is 1.54 bits per heavy atom. The minimum Gasteiger partial charge on any atom is -0.322 e. The Labute approximate surface area is 156 Å². The SMILES string of the molecule is CC(C)c1cccc(NC(=O)c2cccc(NC(=O)c3cccs3)c2)c1. The topological polar surface area (TPSA) is 58.2 Å². The smallest absolute Gasteiger partial charge is 0.265 e. The molecule has 0 aliphatic rings. The molecule has 0 saturated carbocycles. The van der Waals surface area contributed by atoms with E-state index < -0.39 is 0 Å². The quantitative estimate of drug-likeness (QED) is 0.639. The summed E-state index contributed by atoms with van der Waals surface area (Å²) in [5.74, 6) is 0.00275. The highest BCUT2D eigenvalue weighted by Crippen LogP contribution is 2.20. The minimum atomic E-state index is -0.210. The third-order valence-electron chi connectivity index (χ3n) is 3.94. The van der Waals surface area contributed by atoms with Gasteiger partial charge in [0.2, 0.25) is 0 Å². The Hall–Kier alpha value is -2.92. The standard InChI is InChI=1S/C21H20N2O2S/c1-14(2)15-6-3-8-17(12-15)22-20(24)16-7-4-9-18(13-16)23-21(25)19-10-5-11-26-19/h3-14H,1-2H3,(H,22,24)(H,23,25). The zero-order valence-electron chi connectivity index (χ0n) is 14.7. The highest BCUT2D eigenvalue weighted by Gasteiger charge is 2.11. The van der Waals surface area contributed by atoms with E-state index in [4.69, 9.17) is 0 Å². The Balaban J connectivity index is 1.72. The number of benzene rings is 2. The molecule has 2 N–H and O–H groups in total. The van der Waals surface area contributed by atoms with Gasteiger partial charge in [0.15, 0.2) is 0 Å². The number of thiophene rings is 1. The molecular formula is C21H20N2O2S. The number of rotatable bonds is 5. The van der Waals surface area contributed by atoms with Gasteiger partial charge in [-0.25, -0.2) is 0 Å². The van der Waals surface area contributed by atoms with E-state index in [1.165, 1.54) is 16.9 Å². The third-order valence-corrected chi connectivity index (χ3v) is 4.81. The maximum absolute atomic E-state index is 12.5. The van der Waals surface area contributed by atoms with Crippen LogP contribution in [0.1, 0.15) is 45.4 Å². The molecule has 3 rings (SSSR count). The van der Waals surface area contributed by atoms with Crippen LogP contribution in [0.2, 0.25) is 0 Å². The van der Waals surface area contributed by atoms with E-state index in [2.05, 4.69) is 24.5 Å². The highest BCUT2D eigenvalue weighted by molar-refractivity contribution is 7.12. The van der Waals surface area contributed by atoms with Crippen molar-refractivity contribution in [1.82, 2.24) is 0 Å². The molecule has 0 fully saturated rings. The largest absolute Gasteiger partial charge is 0.322 e. The third kappa shape index (κ3) is 4.37. The first-order valence-corrected chi connectivity index (χ1v) is 9.27. The molecule has 0 radical (unpaired) electrons. The van der Waals surface area contributed by atoms with E-state index >= 15 is 0 Å². The van der Waals surface area contributed by atoms with Gasteiger partial charge in [0.05, 0.1) is 4.88 Å². The van der Waals surface area contributed by atoms with Crippen LogP contribution in [-0.2, 0) is 0 Å². The molecule has 1 aromatic heterocycles. The number of amides is 2. The molecule has 0 atom stereocenters. The first-order chi connectivity index (χ1) is 12.5. The maximum atomic E-state index is 12.5. The van der Waals surface area contributed by atoms with Gasteiger partial charge in [0, 0.05) is 16.9 Å². The van der Waals surface area contributed by atoms with Crippen LogP contribution in [-0.4, -0.2) is 11.8 Å². The molecule has 2 aromatic carbocycles. The van der Waals surface area contributed by atoms with Crippen molar-refractivity contribution in [3.05, 3.63) is 82.0 Å². The number of carbonyl (C=O) groups is 2. The minimum absolute atomic E-state index is 0.179. The molecule has 3 aromatic rings. The Morgan fingerprint density at radius 1 is 0.846 bits per heavy atom. The van der Waals surface area contributed by atoms with Crippen molar-refractivity contribution in [3.8, 4) is 0 Å². The van der Waals surface area contributed by atoms with Crippen LogP contribution >= 0.6 is 11.3 Å². The van der Waals surface area contributed by atoms with Gasteiger partial charge >= 0.3 is 0 Å². The molecule has 4 nitrogen and oxygen atoms in total. The van der Waals surface area contributed by atoms with Gasteiger partial charge < -0.3 is 10.6 Å². The van der Waals surface area contributed by atoms with E-state index in [9.17, 15) is 9.59 Å². The van der Waals surface area contributed by atoms with Crippen LogP contribution in [0.5, 0.6) is 0 Å². The summed E-state index contributed by atoms with van der Waals surface area (Å²) < 4.78 is 0. The van der Waals surface area contributed by atoms with Crippen LogP contribution in [0.4, 0.5) is 11.4 Å². The molecule has 0 saturated heterocycles. The van der Waals surface area contributed by atoms with Crippen molar-refractivity contribution >= 4 is 34.5 Å². The first kappa shape index (κ1) is 17.9. The van der Waals surface area contributed by atoms with Gasteiger partial charge in [-0.3, -0.25) is 9.59 Å². The lowest BCUT2D eigenvalue weighted by atomic mass is 10.0. The average molecular weight is 364 g/mol. The average Bonchev–Trinajstić information content (AvgIpc) is 3.17. The summed E-state index contributed by atoms with van der Waals surface area (Å²) in [5.41, 5.74) is 3.00. The molecule has 0 spiro atoms. The summed E-state index contributed by atoms with van der Waals surface area (Å²) in [5, 5.41) is 7.58. The lowest BCUT2D eigenvalue weighted by molar-refractivity contribution is 0.101. The van der Waals surface area contributed by atoms with Crippen molar-refractivity contribution < 1.29 is 9.59 Å². The van der Waals surface area contributed by atoms with Gasteiger partial charge in [0.1, 0.15) is 0 Å². The number of nitrogens with one attached hydrogen (secondary N) is 2. The number of hydrogen-bond acceptors (Lipinski definition) is 3. The van der Waals surface area contributed by atoms with Crippen molar-refractivity contribution in [3.63, 3.8) is 0 Å². The van der Waals surface area contributed by atoms with Crippen LogP contribution in [0.3, 0.4) is 0 Å². The Bertz CT molecular complexity index is 917. The molecule has 1 heterocycles. The lowest BCUT2D eigenvalue weighted by Crippen LogP contribution is -2.14. The summed E-state index contributed by atoms with van der Waals surface area (Å²) in [6.45, 7) is 4.22. The van der Waals surface area contributed by atoms with Crippen molar-refractivity contribution in [1.29, 1.82) is 0 Å². The summed E-state index contributed by atoms with van der Waals surface area (Å²) in [4.78, 5) is 25.3. The van der Waals surface area contributed by atoms with Crippen molar-refractivity contribution in [2.24, 2.45) is 0 Å². The molecular weight excluding hydrogens is 344 g/mol. The van der Waals surface area contributed by atoms with Crippen molar-refractivity contribution in [2.45, 2.75) is 19.8 Å². The van der Waals surface area contributed by atoms with Crippen molar-refractivity contribution in [2.75, 3.05) is 10.6 Å². The number of anilines is 2. The Morgan fingerprint density at radius 3 is 2.23 bits per heavy atom. The fraction of sp³-hybridized carbons (Fsp3) is 0.143. The van der Waals surface area contributed by atoms with Gasteiger partial charge in [-0.05, 0) is 53.3 Å². The van der Waals surface area contributed by atoms with Gasteiger partial charge in [-0.2, -0.15) is 0 Å². The normalized spacial score (nSPS) is 10.6. The summed E-state index contributed by atoms with van der Waals surface area (Å²) in [6, 6.07) is 18.3. The van der Waals surface area contributed by atoms with Gasteiger partial charge in [-0.1, -0.05) is 38.1 Å². The first-order valence-electron chi connectivity index (χ1n) is 8.39. The van der Waals surface area contributed by atoms with Crippen LogP contribution in [0.15, 0.2) is 66.0 Å². The molecule has 0 unspecified atom stereocenters. The zero-order chi connectivity index (χ0) is 18.5. The van der Waals surface area contributed by atoms with E-state index in [1.54, 1.807) is 30.3 Å². The van der Waals surface area contributed by atoms with Crippen LogP contribution in [0, 0.1) is 0 Å². The van der Waals surface area contributed by atoms with Crippen LogP contribution in [0.25, 0.3) is 0 Å². The number of hydrogen-bond donors (Lipinski definition) is 2. The molecule has 2 amide bonds. The molecule has 0 aliphatic carbocycles. The van der Waals surface area contributed by atoms with E-state index in [0.29, 0.717) is 22.0 Å². The lowest BCUT2D eigenvalue weighted by Gasteiger charge is -2.10. The fourth-order valence-corrected chi connectivity index (χ4v) is 3.14. The summed E-state index contributed by atoms with van der Waals surface area (Å²) in [7, 11) is 0. The monoisotopic (exact) mass is 364 g/mol. The fourth-order valence-electron chi connectivity index (χ4n) is 2.52. The molecule has 132 valence electrons. The highest BCUT2D eigenvalue weighted by atomic mass is 32.1. The summed E-state index contributed by atoms with van der Waals surface area (Å²) in [6.07, 6.45) is 0. The van der Waals surface area contributed by atoms with Gasteiger partial charge in [-0.15, -0.1) is 11.3 Å². The predicted octanol–water partition coefficient (Wildman–Crippen LogP) is 5.38. The van der Waals surface area contributed by atoms with E-state index in [-0.39, 0.29) is 11.8 Å². The van der Waals surface area contributed by atoms with Crippen LogP contribution < -0.4 is 10.6 Å². The second-order valence-electron chi connectivity index (χ2n) is 6.25. The van der Waals surface area contributed by atoms with E-state index in [0.717, 1.165) is 5.69 Å². The Kier molecular flexibility index (Phi) is 5.49. The zero-order valence-corrected chi connectivity index (χ0v) is 15.5. The second-order valence-corrected chi connectivity index (χ2v) is 7.19.